The molecule has 0 bridgehead atoms. The summed E-state index contributed by atoms with van der Waals surface area (Å²) >= 11 is 0. The van der Waals surface area contributed by atoms with E-state index in [1.165, 1.54) is 16.8 Å². The van der Waals surface area contributed by atoms with Gasteiger partial charge in [-0.3, -0.25) is 4.57 Å². The maximum Gasteiger partial charge on any atom is 0.351 e. The predicted molar refractivity (Wildman–Crippen MR) is 57.6 cm³/mol. The van der Waals surface area contributed by atoms with Crippen LogP contribution in [-0.2, 0) is 4.74 Å². The summed E-state index contributed by atoms with van der Waals surface area (Å²) < 4.78 is 6.65. The number of anilines is 1. The van der Waals surface area contributed by atoms with Crippen LogP contribution in [0.15, 0.2) is 17.1 Å². The number of aliphatic hydroxyl groups excluding tert-OH is 1. The van der Waals surface area contributed by atoms with Crippen LogP contribution in [0.3, 0.4) is 0 Å². The van der Waals surface area contributed by atoms with Crippen LogP contribution in [0.1, 0.15) is 12.6 Å². The maximum absolute atomic E-state index is 11.6. The second-order valence-electron chi connectivity index (χ2n) is 3.84. The topological polar surface area (TPSA) is 114 Å². The van der Waals surface area contributed by atoms with Crippen molar-refractivity contribution in [3.8, 4) is 6.07 Å². The highest BCUT2D eigenvalue weighted by Gasteiger charge is 2.36. The highest BCUT2D eigenvalue weighted by Crippen LogP contribution is 2.32. The Morgan fingerprint density at radius 1 is 1.76 bits per heavy atom. The molecule has 0 amide bonds. The Labute approximate surface area is 97.1 Å². The highest BCUT2D eigenvalue weighted by molar-refractivity contribution is 5.23. The Morgan fingerprint density at radius 2 is 2.53 bits per heavy atom. The van der Waals surface area contributed by atoms with Crippen LogP contribution in [0.2, 0.25) is 0 Å². The SMILES string of the molecule is N#C[C@@H]1C[C@@H](CO)O[C@H]1n1ccc(N)nc1=O. The van der Waals surface area contributed by atoms with Crippen molar-refractivity contribution < 1.29 is 9.84 Å². The number of aromatic nitrogens is 2. The molecule has 7 heteroatoms. The molecule has 1 fully saturated rings. The van der Waals surface area contributed by atoms with Crippen molar-refractivity contribution in [1.29, 1.82) is 5.26 Å². The Bertz CT molecular complexity index is 507. The first-order valence-corrected chi connectivity index (χ1v) is 5.16. The average Bonchev–Trinajstić information content (AvgIpc) is 2.72. The van der Waals surface area contributed by atoms with Crippen LogP contribution < -0.4 is 11.4 Å². The third kappa shape index (κ3) is 2.13. The largest absolute Gasteiger partial charge is 0.394 e. The number of nitrogen functional groups attached to an aromatic ring is 1. The summed E-state index contributed by atoms with van der Waals surface area (Å²) in [4.78, 5) is 15.2. The van der Waals surface area contributed by atoms with Crippen molar-refractivity contribution in [2.45, 2.75) is 18.8 Å². The highest BCUT2D eigenvalue weighted by atomic mass is 16.5. The second-order valence-corrected chi connectivity index (χ2v) is 3.84. The third-order valence-electron chi connectivity index (χ3n) is 2.69. The number of hydrogen-bond donors (Lipinski definition) is 2. The summed E-state index contributed by atoms with van der Waals surface area (Å²) in [5.41, 5.74) is 4.82. The first kappa shape index (κ1) is 11.6. The van der Waals surface area contributed by atoms with Crippen molar-refractivity contribution in [1.82, 2.24) is 9.55 Å². The molecule has 1 saturated heterocycles. The maximum atomic E-state index is 11.6. The Balaban J connectivity index is 2.33. The number of nitrogens with two attached hydrogens (primary N) is 1. The first-order valence-electron chi connectivity index (χ1n) is 5.16. The molecule has 2 heterocycles. The van der Waals surface area contributed by atoms with E-state index in [1.54, 1.807) is 0 Å². The Kier molecular flexibility index (Phi) is 3.08. The summed E-state index contributed by atoms with van der Waals surface area (Å²) in [6.45, 7) is -0.175. The zero-order valence-electron chi connectivity index (χ0n) is 8.98. The smallest absolute Gasteiger partial charge is 0.351 e. The van der Waals surface area contributed by atoms with Gasteiger partial charge in [0, 0.05) is 6.20 Å². The van der Waals surface area contributed by atoms with Crippen molar-refractivity contribution in [2.24, 2.45) is 5.92 Å². The number of rotatable bonds is 2. The van der Waals surface area contributed by atoms with Gasteiger partial charge in [0.05, 0.1) is 24.7 Å². The fraction of sp³-hybridized carbons (Fsp3) is 0.500. The minimum absolute atomic E-state index is 0.122. The fourth-order valence-corrected chi connectivity index (χ4v) is 1.86. The Morgan fingerprint density at radius 3 is 3.12 bits per heavy atom. The first-order chi connectivity index (χ1) is 8.15. The van der Waals surface area contributed by atoms with Crippen molar-refractivity contribution in [3.63, 3.8) is 0 Å². The van der Waals surface area contributed by atoms with Crippen molar-refractivity contribution in [2.75, 3.05) is 12.3 Å². The van der Waals surface area contributed by atoms with Crippen LogP contribution in [0.4, 0.5) is 5.82 Å². The lowest BCUT2D eigenvalue weighted by molar-refractivity contribution is -0.0304. The molecule has 0 aliphatic carbocycles. The lowest BCUT2D eigenvalue weighted by Gasteiger charge is -2.16. The van der Waals surface area contributed by atoms with E-state index in [2.05, 4.69) is 11.1 Å². The number of nitriles is 1. The molecule has 0 saturated carbocycles. The lowest BCUT2D eigenvalue weighted by Crippen LogP contribution is -2.30. The van der Waals surface area contributed by atoms with Gasteiger partial charge in [-0.15, -0.1) is 0 Å². The van der Waals surface area contributed by atoms with Gasteiger partial charge in [-0.1, -0.05) is 0 Å². The lowest BCUT2D eigenvalue weighted by atomic mass is 10.1. The fourth-order valence-electron chi connectivity index (χ4n) is 1.86. The van der Waals surface area contributed by atoms with Gasteiger partial charge in [-0.05, 0) is 12.5 Å². The van der Waals surface area contributed by atoms with E-state index < -0.39 is 23.9 Å². The molecule has 0 radical (unpaired) electrons. The quantitative estimate of drug-likeness (QED) is 0.698. The van der Waals surface area contributed by atoms with E-state index >= 15 is 0 Å². The van der Waals surface area contributed by atoms with E-state index in [9.17, 15) is 4.79 Å². The van der Waals surface area contributed by atoms with Gasteiger partial charge in [-0.2, -0.15) is 10.2 Å². The molecular weight excluding hydrogens is 224 g/mol. The molecular formula is C10H12N4O3. The summed E-state index contributed by atoms with van der Waals surface area (Å²) in [5.74, 6) is -0.355. The van der Waals surface area contributed by atoms with Crippen LogP contribution in [0, 0.1) is 17.2 Å². The molecule has 1 aliphatic rings. The minimum Gasteiger partial charge on any atom is -0.394 e. The molecule has 2 rings (SSSR count). The summed E-state index contributed by atoms with van der Waals surface area (Å²) in [6, 6.07) is 3.53. The van der Waals surface area contributed by atoms with E-state index in [0.29, 0.717) is 6.42 Å². The van der Waals surface area contributed by atoms with E-state index in [-0.39, 0.29) is 12.4 Å². The molecule has 1 aromatic heterocycles. The zero-order valence-corrected chi connectivity index (χ0v) is 8.98. The summed E-state index contributed by atoms with van der Waals surface area (Å²) in [6.07, 6.45) is 0.709. The molecule has 1 aromatic rings. The van der Waals surface area contributed by atoms with Crippen LogP contribution in [0.5, 0.6) is 0 Å². The van der Waals surface area contributed by atoms with Crippen LogP contribution >= 0.6 is 0 Å². The average molecular weight is 236 g/mol. The molecule has 3 atom stereocenters. The van der Waals surface area contributed by atoms with Gasteiger partial charge in [0.1, 0.15) is 5.82 Å². The molecule has 0 aromatic carbocycles. The monoisotopic (exact) mass is 236 g/mol. The van der Waals surface area contributed by atoms with Crippen LogP contribution in [0.25, 0.3) is 0 Å². The minimum atomic E-state index is -0.710. The standard InChI is InChI=1S/C10H12N4O3/c11-4-6-3-7(5-15)17-9(6)14-2-1-8(12)13-10(14)16/h1-2,6-7,9,15H,3,5H2,(H2,12,13,16)/t6-,7-,9+/m0/s1. The number of ether oxygens (including phenoxy) is 1. The zero-order chi connectivity index (χ0) is 12.4. The molecule has 3 N–H and O–H groups in total. The van der Waals surface area contributed by atoms with E-state index in [1.807, 2.05) is 0 Å². The van der Waals surface area contributed by atoms with Gasteiger partial charge in [0.25, 0.3) is 0 Å². The van der Waals surface area contributed by atoms with Crippen molar-refractivity contribution >= 4 is 5.82 Å². The molecule has 1 aliphatic heterocycles. The van der Waals surface area contributed by atoms with Gasteiger partial charge < -0.3 is 15.6 Å². The van der Waals surface area contributed by atoms with Gasteiger partial charge in [-0.25, -0.2) is 4.79 Å². The number of hydrogen-bond acceptors (Lipinski definition) is 6. The van der Waals surface area contributed by atoms with E-state index in [0.717, 1.165) is 0 Å². The predicted octanol–water partition coefficient (Wildman–Crippen LogP) is -0.755. The van der Waals surface area contributed by atoms with Gasteiger partial charge >= 0.3 is 5.69 Å². The van der Waals surface area contributed by atoms with Crippen molar-refractivity contribution in [3.05, 3.63) is 22.7 Å². The second kappa shape index (κ2) is 4.53. The third-order valence-corrected chi connectivity index (χ3v) is 2.69. The number of nitrogens with zero attached hydrogens (tertiary/aromatic N) is 3. The summed E-state index contributed by atoms with van der Waals surface area (Å²) in [5, 5.41) is 18.0. The molecule has 7 nitrogen and oxygen atoms in total. The molecule has 17 heavy (non-hydrogen) atoms. The Hall–Kier alpha value is -1.91. The van der Waals surface area contributed by atoms with Gasteiger partial charge in [0.15, 0.2) is 6.23 Å². The molecule has 0 spiro atoms. The van der Waals surface area contributed by atoms with Crippen LogP contribution in [-0.4, -0.2) is 27.4 Å². The summed E-state index contributed by atoms with van der Waals surface area (Å²) in [7, 11) is 0. The molecule has 0 unspecified atom stereocenters. The normalized spacial score (nSPS) is 27.9. The molecule has 90 valence electrons. The van der Waals surface area contributed by atoms with E-state index in [4.69, 9.17) is 20.8 Å². The van der Waals surface area contributed by atoms with Gasteiger partial charge in [0.2, 0.25) is 0 Å². The number of aliphatic hydroxyl groups is 1.